The summed E-state index contributed by atoms with van der Waals surface area (Å²) in [6.45, 7) is 3.31. The molecule has 7 heteroatoms. The lowest BCUT2D eigenvalue weighted by Gasteiger charge is -2.35. The topological polar surface area (TPSA) is 75.7 Å². The van der Waals surface area contributed by atoms with Crippen LogP contribution in [0.2, 0.25) is 0 Å². The van der Waals surface area contributed by atoms with E-state index < -0.39 is 0 Å². The predicted molar refractivity (Wildman–Crippen MR) is 103 cm³/mol. The number of aromatic nitrogens is 1. The SMILES string of the molecule is COc1ccc(CNC(=O)CN2CCNCC2c2cccnc2)cc1OC. The van der Waals surface area contributed by atoms with Crippen molar-refractivity contribution in [3.05, 3.63) is 53.9 Å². The Morgan fingerprint density at radius 2 is 2.15 bits per heavy atom. The Labute approximate surface area is 159 Å². The largest absolute Gasteiger partial charge is 0.493 e. The Morgan fingerprint density at radius 1 is 1.30 bits per heavy atom. The Hall–Kier alpha value is -2.64. The van der Waals surface area contributed by atoms with E-state index in [4.69, 9.17) is 9.47 Å². The molecule has 0 radical (unpaired) electrons. The number of nitrogens with zero attached hydrogens (tertiary/aromatic N) is 2. The third-order valence-electron chi connectivity index (χ3n) is 4.71. The van der Waals surface area contributed by atoms with Crippen LogP contribution in [0.4, 0.5) is 0 Å². The Kier molecular flexibility index (Phi) is 6.62. The lowest BCUT2D eigenvalue weighted by atomic mass is 10.1. The summed E-state index contributed by atoms with van der Waals surface area (Å²) in [5, 5.41) is 6.39. The maximum Gasteiger partial charge on any atom is 0.234 e. The van der Waals surface area contributed by atoms with Gasteiger partial charge in [-0.1, -0.05) is 12.1 Å². The van der Waals surface area contributed by atoms with Crippen molar-refractivity contribution in [2.75, 3.05) is 40.4 Å². The zero-order chi connectivity index (χ0) is 19.1. The quantitative estimate of drug-likeness (QED) is 0.767. The second-order valence-electron chi connectivity index (χ2n) is 6.44. The molecule has 1 atom stereocenters. The van der Waals surface area contributed by atoms with Gasteiger partial charge in [-0.15, -0.1) is 0 Å². The van der Waals surface area contributed by atoms with Crippen LogP contribution in [0.3, 0.4) is 0 Å². The van der Waals surface area contributed by atoms with Gasteiger partial charge in [-0.2, -0.15) is 0 Å². The third-order valence-corrected chi connectivity index (χ3v) is 4.71. The van der Waals surface area contributed by atoms with E-state index in [1.807, 2.05) is 30.5 Å². The number of hydrogen-bond acceptors (Lipinski definition) is 6. The fourth-order valence-corrected chi connectivity index (χ4v) is 3.27. The molecule has 7 nitrogen and oxygen atoms in total. The zero-order valence-corrected chi connectivity index (χ0v) is 15.8. The van der Waals surface area contributed by atoms with Crippen LogP contribution >= 0.6 is 0 Å². The van der Waals surface area contributed by atoms with Crippen LogP contribution in [0.15, 0.2) is 42.7 Å². The zero-order valence-electron chi connectivity index (χ0n) is 15.8. The van der Waals surface area contributed by atoms with Crippen molar-refractivity contribution in [2.45, 2.75) is 12.6 Å². The van der Waals surface area contributed by atoms with Gasteiger partial charge in [-0.25, -0.2) is 0 Å². The number of carbonyl (C=O) groups excluding carboxylic acids is 1. The molecule has 0 saturated carbocycles. The van der Waals surface area contributed by atoms with Crippen molar-refractivity contribution in [3.63, 3.8) is 0 Å². The molecule has 1 amide bonds. The Balaban J connectivity index is 1.58. The highest BCUT2D eigenvalue weighted by Crippen LogP contribution is 2.27. The standard InChI is InChI=1S/C20H26N4O3/c1-26-18-6-5-15(10-19(18)27-2)11-23-20(25)14-24-9-8-22-13-17(24)16-4-3-7-21-12-16/h3-7,10,12,17,22H,8-9,11,13-14H2,1-2H3,(H,23,25). The maximum atomic E-state index is 12.5. The minimum atomic E-state index is 0.000533. The molecule has 1 aliphatic rings. The first kappa shape index (κ1) is 19.1. The molecule has 27 heavy (non-hydrogen) atoms. The summed E-state index contributed by atoms with van der Waals surface area (Å²) in [7, 11) is 3.20. The van der Waals surface area contributed by atoms with Crippen LogP contribution in [0.5, 0.6) is 11.5 Å². The molecule has 1 aromatic heterocycles. The van der Waals surface area contributed by atoms with Crippen LogP contribution in [-0.4, -0.2) is 56.2 Å². The lowest BCUT2D eigenvalue weighted by Crippen LogP contribution is -2.49. The van der Waals surface area contributed by atoms with Gasteiger partial charge in [0, 0.05) is 44.6 Å². The number of amides is 1. The highest BCUT2D eigenvalue weighted by atomic mass is 16.5. The van der Waals surface area contributed by atoms with Crippen molar-refractivity contribution in [1.82, 2.24) is 20.5 Å². The number of rotatable bonds is 7. The van der Waals surface area contributed by atoms with Crippen LogP contribution in [0, 0.1) is 0 Å². The average molecular weight is 370 g/mol. The number of hydrogen-bond donors (Lipinski definition) is 2. The lowest BCUT2D eigenvalue weighted by molar-refractivity contribution is -0.123. The molecule has 2 N–H and O–H groups in total. The number of carbonyl (C=O) groups is 1. The summed E-state index contributed by atoms with van der Waals surface area (Å²) in [6.07, 6.45) is 3.63. The minimum Gasteiger partial charge on any atom is -0.493 e. The molecule has 2 aromatic rings. The normalized spacial score (nSPS) is 17.3. The van der Waals surface area contributed by atoms with E-state index in [0.29, 0.717) is 24.6 Å². The molecule has 144 valence electrons. The van der Waals surface area contributed by atoms with Crippen molar-refractivity contribution in [2.24, 2.45) is 0 Å². The van der Waals surface area contributed by atoms with Gasteiger partial charge in [0.05, 0.1) is 20.8 Å². The molecule has 1 fully saturated rings. The first-order valence-electron chi connectivity index (χ1n) is 9.03. The summed E-state index contributed by atoms with van der Waals surface area (Å²) in [5.41, 5.74) is 2.09. The van der Waals surface area contributed by atoms with Gasteiger partial charge < -0.3 is 20.1 Å². The molecular weight excluding hydrogens is 344 g/mol. The second-order valence-corrected chi connectivity index (χ2v) is 6.44. The van der Waals surface area contributed by atoms with Gasteiger partial charge in [0.25, 0.3) is 0 Å². The van der Waals surface area contributed by atoms with E-state index in [1.54, 1.807) is 20.4 Å². The summed E-state index contributed by atoms with van der Waals surface area (Å²) in [5.74, 6) is 1.33. The number of benzene rings is 1. The number of ether oxygens (including phenoxy) is 2. The molecule has 2 heterocycles. The molecule has 0 aliphatic carbocycles. The number of methoxy groups -OCH3 is 2. The summed E-state index contributed by atoms with van der Waals surface area (Å²) in [6, 6.07) is 9.78. The van der Waals surface area contributed by atoms with E-state index in [-0.39, 0.29) is 11.9 Å². The highest BCUT2D eigenvalue weighted by molar-refractivity contribution is 5.78. The second kappa shape index (κ2) is 9.34. The number of nitrogens with one attached hydrogen (secondary N) is 2. The van der Waals surface area contributed by atoms with Crippen molar-refractivity contribution < 1.29 is 14.3 Å². The fourth-order valence-electron chi connectivity index (χ4n) is 3.27. The van der Waals surface area contributed by atoms with E-state index in [2.05, 4.69) is 26.6 Å². The average Bonchev–Trinajstić information content (AvgIpc) is 2.73. The highest BCUT2D eigenvalue weighted by Gasteiger charge is 2.25. The van der Waals surface area contributed by atoms with E-state index in [0.717, 1.165) is 30.8 Å². The molecular formula is C20H26N4O3. The Bertz CT molecular complexity index is 754. The first-order valence-corrected chi connectivity index (χ1v) is 9.03. The third kappa shape index (κ3) is 4.96. The molecule has 0 bridgehead atoms. The van der Waals surface area contributed by atoms with Crippen molar-refractivity contribution >= 4 is 5.91 Å². The van der Waals surface area contributed by atoms with Gasteiger partial charge >= 0.3 is 0 Å². The number of piperazine rings is 1. The molecule has 1 aromatic carbocycles. The monoisotopic (exact) mass is 370 g/mol. The van der Waals surface area contributed by atoms with Gasteiger partial charge in [-0.3, -0.25) is 14.7 Å². The smallest absolute Gasteiger partial charge is 0.234 e. The summed E-state index contributed by atoms with van der Waals surface area (Å²) in [4.78, 5) is 18.9. The van der Waals surface area contributed by atoms with Crippen LogP contribution in [0.25, 0.3) is 0 Å². The summed E-state index contributed by atoms with van der Waals surface area (Å²) >= 11 is 0. The molecule has 1 aliphatic heterocycles. The predicted octanol–water partition coefficient (Wildman–Crippen LogP) is 1.36. The minimum absolute atomic E-state index is 0.000533. The van der Waals surface area contributed by atoms with Crippen LogP contribution in [0.1, 0.15) is 17.2 Å². The van der Waals surface area contributed by atoms with Gasteiger partial charge in [0.1, 0.15) is 0 Å². The van der Waals surface area contributed by atoms with Gasteiger partial charge in [-0.05, 0) is 29.3 Å². The van der Waals surface area contributed by atoms with E-state index in [9.17, 15) is 4.79 Å². The van der Waals surface area contributed by atoms with E-state index >= 15 is 0 Å². The Morgan fingerprint density at radius 3 is 2.89 bits per heavy atom. The first-order chi connectivity index (χ1) is 13.2. The van der Waals surface area contributed by atoms with Gasteiger partial charge in [0.2, 0.25) is 5.91 Å². The molecule has 3 rings (SSSR count). The molecule has 1 saturated heterocycles. The van der Waals surface area contributed by atoms with E-state index in [1.165, 1.54) is 0 Å². The van der Waals surface area contributed by atoms with Gasteiger partial charge in [0.15, 0.2) is 11.5 Å². The van der Waals surface area contributed by atoms with Crippen LogP contribution in [-0.2, 0) is 11.3 Å². The molecule has 0 spiro atoms. The van der Waals surface area contributed by atoms with Crippen LogP contribution < -0.4 is 20.1 Å². The summed E-state index contributed by atoms with van der Waals surface area (Å²) < 4.78 is 10.6. The van der Waals surface area contributed by atoms with Crippen molar-refractivity contribution in [1.29, 1.82) is 0 Å². The molecule has 1 unspecified atom stereocenters. The van der Waals surface area contributed by atoms with Crippen molar-refractivity contribution in [3.8, 4) is 11.5 Å². The fraction of sp³-hybridized carbons (Fsp3) is 0.400. The maximum absolute atomic E-state index is 12.5. The number of pyridine rings is 1.